The van der Waals surface area contributed by atoms with E-state index in [1.807, 2.05) is 18.2 Å². The number of nitrogens with one attached hydrogen (secondary N) is 2. The second-order valence-electron chi connectivity index (χ2n) is 7.76. The number of aromatic nitrogens is 2. The molecule has 0 saturated heterocycles. The Labute approximate surface area is 180 Å². The first-order valence-corrected chi connectivity index (χ1v) is 10.7. The summed E-state index contributed by atoms with van der Waals surface area (Å²) in [5.74, 6) is 0.522. The topological polar surface area (TPSA) is 95.1 Å². The Morgan fingerprint density at radius 1 is 1.10 bits per heavy atom. The minimum Gasteiger partial charge on any atom is -0.508 e. The van der Waals surface area contributed by atoms with E-state index in [2.05, 4.69) is 15.3 Å². The number of rotatable bonds is 5. The van der Waals surface area contributed by atoms with Crippen LogP contribution in [0.2, 0.25) is 0 Å². The molecule has 0 spiro atoms. The number of phenolic OH excluding ortho intramolecular Hbond substituents is 1. The summed E-state index contributed by atoms with van der Waals surface area (Å²) in [5, 5.41) is 12.3. The number of aryl methyl sites for hydroxylation is 1. The number of hydrogen-bond acceptors (Lipinski definition) is 4. The standard InChI is InChI=1S/C18H23N3O2.C6H5FO/c22-17(19-13-7-2-1-3-8-13)12-6-11-16-20-15-10-5-4-9-14(15)18(23)21-16;7-5-1-3-6(8)4-2-5/h4-5,9-10,13H,1-3,6-8,11-12H2,(H,19,22)(H,20,21,23);1-4,8H. The minimum absolute atomic E-state index is 0.0893. The van der Waals surface area contributed by atoms with Crippen molar-refractivity contribution < 1.29 is 14.3 Å². The number of carbonyl (C=O) groups is 1. The van der Waals surface area contributed by atoms with Gasteiger partial charge in [-0.15, -0.1) is 0 Å². The van der Waals surface area contributed by atoms with Crippen molar-refractivity contribution in [1.82, 2.24) is 15.3 Å². The molecule has 0 atom stereocenters. The number of carbonyl (C=O) groups excluding carboxylic acids is 1. The summed E-state index contributed by atoms with van der Waals surface area (Å²) >= 11 is 0. The van der Waals surface area contributed by atoms with Gasteiger partial charge in [-0.2, -0.15) is 0 Å². The summed E-state index contributed by atoms with van der Waals surface area (Å²) < 4.78 is 12.0. The third-order valence-corrected chi connectivity index (χ3v) is 5.28. The van der Waals surface area contributed by atoms with Gasteiger partial charge >= 0.3 is 0 Å². The van der Waals surface area contributed by atoms with Gasteiger partial charge in [0.1, 0.15) is 17.4 Å². The molecule has 1 amide bonds. The molecule has 0 radical (unpaired) electrons. The highest BCUT2D eigenvalue weighted by Crippen LogP contribution is 2.17. The van der Waals surface area contributed by atoms with Crippen molar-refractivity contribution in [1.29, 1.82) is 0 Å². The summed E-state index contributed by atoms with van der Waals surface area (Å²) in [7, 11) is 0. The first kappa shape index (κ1) is 22.5. The quantitative estimate of drug-likeness (QED) is 0.570. The number of aromatic hydroxyl groups is 1. The number of benzene rings is 2. The number of amides is 1. The first-order chi connectivity index (χ1) is 15.0. The number of H-pyrrole nitrogens is 1. The van der Waals surface area contributed by atoms with Crippen LogP contribution in [0.1, 0.15) is 50.8 Å². The van der Waals surface area contributed by atoms with Gasteiger partial charge in [0.2, 0.25) is 5.91 Å². The van der Waals surface area contributed by atoms with E-state index in [0.29, 0.717) is 42.0 Å². The van der Waals surface area contributed by atoms with Crippen molar-refractivity contribution in [2.24, 2.45) is 0 Å². The zero-order valence-corrected chi connectivity index (χ0v) is 17.4. The molecule has 0 unspecified atom stereocenters. The van der Waals surface area contributed by atoms with Crippen LogP contribution >= 0.6 is 0 Å². The molecule has 0 aliphatic heterocycles. The van der Waals surface area contributed by atoms with Crippen molar-refractivity contribution in [3.05, 3.63) is 70.5 Å². The normalized spacial score (nSPS) is 14.0. The molecule has 31 heavy (non-hydrogen) atoms. The van der Waals surface area contributed by atoms with Gasteiger partial charge in [0.05, 0.1) is 10.9 Å². The number of phenols is 1. The molecule has 1 aliphatic rings. The maximum atomic E-state index is 12.0. The predicted octanol–water partition coefficient (Wildman–Crippen LogP) is 4.23. The zero-order chi connectivity index (χ0) is 22.1. The lowest BCUT2D eigenvalue weighted by atomic mass is 9.95. The number of hydrogen-bond donors (Lipinski definition) is 3. The largest absolute Gasteiger partial charge is 0.508 e. The molecule has 6 nitrogen and oxygen atoms in total. The maximum absolute atomic E-state index is 12.0. The van der Waals surface area contributed by atoms with Crippen LogP contribution in [-0.2, 0) is 11.2 Å². The first-order valence-electron chi connectivity index (χ1n) is 10.7. The number of halogens is 1. The van der Waals surface area contributed by atoms with Crippen molar-refractivity contribution in [3.63, 3.8) is 0 Å². The molecule has 1 fully saturated rings. The third-order valence-electron chi connectivity index (χ3n) is 5.28. The van der Waals surface area contributed by atoms with E-state index in [0.717, 1.165) is 12.8 Å². The summed E-state index contributed by atoms with van der Waals surface area (Å²) in [6.07, 6.45) is 7.70. The lowest BCUT2D eigenvalue weighted by Gasteiger charge is -2.22. The van der Waals surface area contributed by atoms with E-state index in [1.165, 1.54) is 43.5 Å². The van der Waals surface area contributed by atoms with Crippen LogP contribution in [0.3, 0.4) is 0 Å². The molecule has 164 valence electrons. The van der Waals surface area contributed by atoms with E-state index < -0.39 is 0 Å². The van der Waals surface area contributed by atoms with Crippen LogP contribution in [-0.4, -0.2) is 27.0 Å². The fraction of sp³-hybridized carbons (Fsp3) is 0.375. The Bertz CT molecular complexity index is 1020. The molecule has 1 saturated carbocycles. The van der Waals surface area contributed by atoms with Crippen LogP contribution in [0.15, 0.2) is 53.3 Å². The van der Waals surface area contributed by atoms with Gasteiger partial charge in [0, 0.05) is 18.9 Å². The van der Waals surface area contributed by atoms with Gasteiger partial charge in [0.25, 0.3) is 5.56 Å². The van der Waals surface area contributed by atoms with Gasteiger partial charge < -0.3 is 15.4 Å². The Morgan fingerprint density at radius 2 is 1.81 bits per heavy atom. The lowest BCUT2D eigenvalue weighted by molar-refractivity contribution is -0.122. The second kappa shape index (κ2) is 11.2. The van der Waals surface area contributed by atoms with Crippen molar-refractivity contribution in [2.75, 3.05) is 0 Å². The molecular formula is C24H28FN3O3. The SMILES string of the molecule is O=C(CCCc1nc2ccccc2c(=O)[nH]1)NC1CCCCC1.Oc1ccc(F)cc1. The van der Waals surface area contributed by atoms with Crippen LogP contribution in [0.25, 0.3) is 10.9 Å². The van der Waals surface area contributed by atoms with Crippen molar-refractivity contribution in [3.8, 4) is 5.75 Å². The van der Waals surface area contributed by atoms with Gasteiger partial charge in [-0.3, -0.25) is 9.59 Å². The van der Waals surface area contributed by atoms with E-state index in [9.17, 15) is 14.0 Å². The predicted molar refractivity (Wildman–Crippen MR) is 118 cm³/mol. The highest BCUT2D eigenvalue weighted by molar-refractivity contribution is 5.77. The van der Waals surface area contributed by atoms with Crippen LogP contribution < -0.4 is 10.9 Å². The summed E-state index contributed by atoms with van der Waals surface area (Å²) in [4.78, 5) is 31.2. The molecule has 1 heterocycles. The third kappa shape index (κ3) is 7.20. The molecule has 3 aromatic rings. The van der Waals surface area contributed by atoms with Gasteiger partial charge in [-0.25, -0.2) is 9.37 Å². The summed E-state index contributed by atoms with van der Waals surface area (Å²) in [5.41, 5.74) is 0.593. The highest BCUT2D eigenvalue weighted by atomic mass is 19.1. The second-order valence-corrected chi connectivity index (χ2v) is 7.76. The molecule has 1 aromatic heterocycles. The number of fused-ring (bicyclic) bond motifs is 1. The van der Waals surface area contributed by atoms with E-state index in [1.54, 1.807) is 6.07 Å². The van der Waals surface area contributed by atoms with Crippen molar-refractivity contribution >= 4 is 16.8 Å². The number of aromatic amines is 1. The maximum Gasteiger partial charge on any atom is 0.258 e. The fourth-order valence-electron chi connectivity index (χ4n) is 3.66. The van der Waals surface area contributed by atoms with Gasteiger partial charge in [-0.1, -0.05) is 31.4 Å². The molecule has 1 aliphatic carbocycles. The molecule has 3 N–H and O–H groups in total. The average Bonchev–Trinajstić information content (AvgIpc) is 2.77. The molecule has 0 bridgehead atoms. The van der Waals surface area contributed by atoms with Crippen LogP contribution in [0.5, 0.6) is 5.75 Å². The van der Waals surface area contributed by atoms with Crippen LogP contribution in [0.4, 0.5) is 4.39 Å². The molecular weight excluding hydrogens is 397 g/mol. The summed E-state index contributed by atoms with van der Waals surface area (Å²) in [6, 6.07) is 12.7. The zero-order valence-electron chi connectivity index (χ0n) is 17.4. The average molecular weight is 426 g/mol. The summed E-state index contributed by atoms with van der Waals surface area (Å²) in [6.45, 7) is 0. The Kier molecular flexibility index (Phi) is 8.15. The fourth-order valence-corrected chi connectivity index (χ4v) is 3.66. The number of para-hydroxylation sites is 1. The highest BCUT2D eigenvalue weighted by Gasteiger charge is 2.15. The smallest absolute Gasteiger partial charge is 0.258 e. The minimum atomic E-state index is -0.331. The van der Waals surface area contributed by atoms with Crippen molar-refractivity contribution in [2.45, 2.75) is 57.4 Å². The number of nitrogens with zero attached hydrogens (tertiary/aromatic N) is 1. The molecule has 2 aromatic carbocycles. The Hall–Kier alpha value is -3.22. The van der Waals surface area contributed by atoms with E-state index in [-0.39, 0.29) is 23.0 Å². The molecule has 4 rings (SSSR count). The lowest BCUT2D eigenvalue weighted by Crippen LogP contribution is -2.36. The monoisotopic (exact) mass is 425 g/mol. The molecule has 7 heteroatoms. The van der Waals surface area contributed by atoms with E-state index in [4.69, 9.17) is 5.11 Å². The Balaban J connectivity index is 0.000000287. The van der Waals surface area contributed by atoms with Gasteiger partial charge in [0.15, 0.2) is 0 Å². The Morgan fingerprint density at radius 3 is 2.52 bits per heavy atom. The van der Waals surface area contributed by atoms with Gasteiger partial charge in [-0.05, 0) is 55.7 Å². The van der Waals surface area contributed by atoms with Crippen LogP contribution in [0, 0.1) is 5.82 Å². The van der Waals surface area contributed by atoms with E-state index >= 15 is 0 Å².